The number of carbonyl (C=O) groups excluding carboxylic acids is 1. The Balaban J connectivity index is 1.69. The van der Waals surface area contributed by atoms with Gasteiger partial charge in [0.2, 0.25) is 10.0 Å². The molecular weight excluding hydrogens is 366 g/mol. The number of hydrogen-bond donors (Lipinski definition) is 0. The van der Waals surface area contributed by atoms with Crippen LogP contribution < -0.4 is 0 Å². The van der Waals surface area contributed by atoms with Crippen molar-refractivity contribution in [2.45, 2.75) is 63.1 Å². The van der Waals surface area contributed by atoms with E-state index in [1.165, 1.54) is 35.7 Å². The minimum Gasteiger partial charge on any atom is -0.462 e. The maximum Gasteiger partial charge on any atom is 0.338 e. The van der Waals surface area contributed by atoms with E-state index in [1.54, 1.807) is 12.1 Å². The monoisotopic (exact) mass is 395 g/mol. The van der Waals surface area contributed by atoms with Gasteiger partial charge in [0.05, 0.1) is 29.3 Å². The van der Waals surface area contributed by atoms with Crippen LogP contribution in [-0.4, -0.2) is 50.6 Å². The molecule has 0 radical (unpaired) electrons. The third-order valence-corrected chi connectivity index (χ3v) is 7.10. The Kier molecular flexibility index (Phi) is 6.55. The summed E-state index contributed by atoms with van der Waals surface area (Å²) in [5.74, 6) is -0.0349. The molecule has 1 aromatic carbocycles. The Labute approximate surface area is 161 Å². The number of ether oxygens (including phenoxy) is 2. The summed E-state index contributed by atoms with van der Waals surface area (Å²) in [6, 6.07) is 6.14. The number of rotatable bonds is 5. The number of esters is 1. The Morgan fingerprint density at radius 3 is 2.48 bits per heavy atom. The average Bonchev–Trinajstić information content (AvgIpc) is 2.66. The molecule has 0 bridgehead atoms. The van der Waals surface area contributed by atoms with Gasteiger partial charge in [0, 0.05) is 13.1 Å². The quantitative estimate of drug-likeness (QED) is 0.716. The summed E-state index contributed by atoms with van der Waals surface area (Å²) in [7, 11) is -3.67. The van der Waals surface area contributed by atoms with Crippen LogP contribution in [0.3, 0.4) is 0 Å². The summed E-state index contributed by atoms with van der Waals surface area (Å²) in [6.07, 6.45) is 5.49. The summed E-state index contributed by atoms with van der Waals surface area (Å²) in [6.45, 7) is 4.74. The summed E-state index contributed by atoms with van der Waals surface area (Å²) in [4.78, 5) is 12.5. The number of carbonyl (C=O) groups is 1. The topological polar surface area (TPSA) is 72.9 Å². The number of hydrogen-bond acceptors (Lipinski definition) is 5. The van der Waals surface area contributed by atoms with E-state index in [4.69, 9.17) is 9.47 Å². The van der Waals surface area contributed by atoms with Gasteiger partial charge in [-0.15, -0.1) is 0 Å². The van der Waals surface area contributed by atoms with E-state index in [0.717, 1.165) is 12.8 Å². The van der Waals surface area contributed by atoms with Crippen molar-refractivity contribution in [2.24, 2.45) is 5.92 Å². The molecule has 1 saturated carbocycles. The molecule has 1 saturated heterocycles. The average molecular weight is 396 g/mol. The van der Waals surface area contributed by atoms with Crippen molar-refractivity contribution in [3.63, 3.8) is 0 Å². The zero-order valence-electron chi connectivity index (χ0n) is 16.1. The highest BCUT2D eigenvalue weighted by molar-refractivity contribution is 7.89. The third-order valence-electron chi connectivity index (χ3n) is 5.27. The smallest absolute Gasteiger partial charge is 0.338 e. The third kappa shape index (κ3) is 5.09. The number of sulfonamides is 1. The van der Waals surface area contributed by atoms with E-state index >= 15 is 0 Å². The van der Waals surface area contributed by atoms with Gasteiger partial charge in [-0.2, -0.15) is 4.31 Å². The van der Waals surface area contributed by atoms with Crippen LogP contribution in [0.2, 0.25) is 0 Å². The predicted octanol–water partition coefficient (Wildman–Crippen LogP) is 3.22. The number of morpholine rings is 1. The largest absolute Gasteiger partial charge is 0.462 e. The molecule has 2 unspecified atom stereocenters. The molecule has 27 heavy (non-hydrogen) atoms. The van der Waals surface area contributed by atoms with Crippen LogP contribution in [0.1, 0.15) is 56.3 Å². The lowest BCUT2D eigenvalue weighted by molar-refractivity contribution is -0.0440. The first-order valence-corrected chi connectivity index (χ1v) is 11.2. The predicted molar refractivity (Wildman–Crippen MR) is 102 cm³/mol. The van der Waals surface area contributed by atoms with Crippen LogP contribution in [-0.2, 0) is 19.5 Å². The molecule has 0 amide bonds. The Bertz CT molecular complexity index is 747. The molecule has 1 aliphatic carbocycles. The molecule has 2 aliphatic rings. The lowest BCUT2D eigenvalue weighted by atomic mass is 9.90. The van der Waals surface area contributed by atoms with Gasteiger partial charge in [-0.1, -0.05) is 25.3 Å². The van der Waals surface area contributed by atoms with Crippen LogP contribution in [0, 0.1) is 5.92 Å². The van der Waals surface area contributed by atoms with Gasteiger partial charge in [0.25, 0.3) is 0 Å². The molecule has 2 fully saturated rings. The van der Waals surface area contributed by atoms with Crippen molar-refractivity contribution in [1.29, 1.82) is 0 Å². The molecule has 3 rings (SSSR count). The molecule has 0 spiro atoms. The van der Waals surface area contributed by atoms with Crippen molar-refractivity contribution >= 4 is 16.0 Å². The molecule has 1 aliphatic heterocycles. The maximum absolute atomic E-state index is 13.0. The van der Waals surface area contributed by atoms with Gasteiger partial charge in [-0.05, 0) is 50.8 Å². The fourth-order valence-electron chi connectivity index (χ4n) is 3.89. The molecule has 150 valence electrons. The molecule has 0 aromatic heterocycles. The minimum absolute atomic E-state index is 0.121. The second-order valence-corrected chi connectivity index (χ2v) is 9.65. The highest BCUT2D eigenvalue weighted by Gasteiger charge is 2.32. The molecule has 6 nitrogen and oxygen atoms in total. The first-order valence-electron chi connectivity index (χ1n) is 9.79. The van der Waals surface area contributed by atoms with Gasteiger partial charge in [0.1, 0.15) is 0 Å². The Morgan fingerprint density at radius 1 is 1.15 bits per heavy atom. The molecule has 1 aromatic rings. The highest BCUT2D eigenvalue weighted by Crippen LogP contribution is 2.25. The number of benzene rings is 1. The summed E-state index contributed by atoms with van der Waals surface area (Å²) in [5.41, 5.74) is 0.279. The summed E-state index contributed by atoms with van der Waals surface area (Å²) < 4.78 is 38.4. The molecule has 2 atom stereocenters. The zero-order valence-corrected chi connectivity index (χ0v) is 16.9. The molecule has 7 heteroatoms. The first kappa shape index (κ1) is 20.3. The SMILES string of the molecule is CC1CN(S(=O)(=O)c2cccc(C(=O)OCC3CCCCC3)c2)CC(C)O1. The normalized spacial score (nSPS) is 25.3. The first-order chi connectivity index (χ1) is 12.9. The molecule has 1 heterocycles. The van der Waals surface area contributed by atoms with Gasteiger partial charge in [-0.25, -0.2) is 13.2 Å². The highest BCUT2D eigenvalue weighted by atomic mass is 32.2. The Morgan fingerprint density at radius 2 is 1.81 bits per heavy atom. The van der Waals surface area contributed by atoms with Crippen molar-refractivity contribution < 1.29 is 22.7 Å². The van der Waals surface area contributed by atoms with Crippen LogP contribution in [0.4, 0.5) is 0 Å². The van der Waals surface area contributed by atoms with E-state index in [2.05, 4.69) is 0 Å². The fraction of sp³-hybridized carbons (Fsp3) is 0.650. The van der Waals surface area contributed by atoms with Crippen molar-refractivity contribution in [3.05, 3.63) is 29.8 Å². The van der Waals surface area contributed by atoms with Crippen molar-refractivity contribution in [2.75, 3.05) is 19.7 Å². The van der Waals surface area contributed by atoms with Crippen LogP contribution in [0.25, 0.3) is 0 Å². The fourth-order valence-corrected chi connectivity index (χ4v) is 5.53. The van der Waals surface area contributed by atoms with Gasteiger partial charge in [-0.3, -0.25) is 0 Å². The van der Waals surface area contributed by atoms with E-state index in [-0.39, 0.29) is 22.7 Å². The standard InChI is InChI=1S/C20H29NO5S/c1-15-12-21(13-16(2)26-15)27(23,24)19-10-6-9-18(11-19)20(22)25-14-17-7-4-3-5-8-17/h6,9-11,15-17H,3-5,7-8,12-14H2,1-2H3. The van der Waals surface area contributed by atoms with E-state index < -0.39 is 16.0 Å². The Hall–Kier alpha value is -1.44. The van der Waals surface area contributed by atoms with E-state index in [0.29, 0.717) is 25.6 Å². The maximum atomic E-state index is 13.0. The molecule has 0 N–H and O–H groups in total. The summed E-state index contributed by atoms with van der Waals surface area (Å²) in [5, 5.41) is 0. The lowest BCUT2D eigenvalue weighted by Crippen LogP contribution is -2.48. The second-order valence-electron chi connectivity index (χ2n) is 7.71. The number of nitrogens with zero attached hydrogens (tertiary/aromatic N) is 1. The van der Waals surface area contributed by atoms with Crippen LogP contribution in [0.5, 0.6) is 0 Å². The van der Waals surface area contributed by atoms with E-state index in [9.17, 15) is 13.2 Å². The van der Waals surface area contributed by atoms with Crippen molar-refractivity contribution in [3.8, 4) is 0 Å². The van der Waals surface area contributed by atoms with Crippen molar-refractivity contribution in [1.82, 2.24) is 4.31 Å². The van der Waals surface area contributed by atoms with Gasteiger partial charge < -0.3 is 9.47 Å². The van der Waals surface area contributed by atoms with Crippen LogP contribution in [0.15, 0.2) is 29.2 Å². The van der Waals surface area contributed by atoms with Gasteiger partial charge in [0.15, 0.2) is 0 Å². The van der Waals surface area contributed by atoms with Crippen LogP contribution >= 0.6 is 0 Å². The zero-order chi connectivity index (χ0) is 19.4. The minimum atomic E-state index is -3.67. The van der Waals surface area contributed by atoms with E-state index in [1.807, 2.05) is 13.8 Å². The lowest BCUT2D eigenvalue weighted by Gasteiger charge is -2.34. The second kappa shape index (κ2) is 8.71. The van der Waals surface area contributed by atoms with Gasteiger partial charge >= 0.3 is 5.97 Å². The molecular formula is C20H29NO5S. The summed E-state index contributed by atoms with van der Waals surface area (Å²) >= 11 is 0.